The summed E-state index contributed by atoms with van der Waals surface area (Å²) in [5.41, 5.74) is 2.60. The summed E-state index contributed by atoms with van der Waals surface area (Å²) in [5.74, 6) is 1.21. The van der Waals surface area contributed by atoms with Gasteiger partial charge in [-0.25, -0.2) is 4.98 Å². The molecule has 0 aliphatic carbocycles. The van der Waals surface area contributed by atoms with Gasteiger partial charge in [-0.2, -0.15) is 5.10 Å². The molecule has 118 valence electrons. The molecule has 0 fully saturated rings. The van der Waals surface area contributed by atoms with Crippen LogP contribution >= 0.6 is 0 Å². The molecule has 1 aliphatic heterocycles. The number of rotatable bonds is 5. The van der Waals surface area contributed by atoms with Gasteiger partial charge in [-0.15, -0.1) is 0 Å². The lowest BCUT2D eigenvalue weighted by molar-refractivity contribution is 0.0940. The highest BCUT2D eigenvalue weighted by Gasteiger charge is 2.21. The number of nitrogens with zero attached hydrogens (tertiary/aromatic N) is 3. The quantitative estimate of drug-likeness (QED) is 0.756. The van der Waals surface area contributed by atoms with Gasteiger partial charge in [0.2, 0.25) is 0 Å². The number of H-pyrrole nitrogens is 1. The molecule has 1 aliphatic rings. The van der Waals surface area contributed by atoms with E-state index in [1.54, 1.807) is 6.20 Å². The van der Waals surface area contributed by atoms with Gasteiger partial charge in [-0.1, -0.05) is 6.92 Å². The van der Waals surface area contributed by atoms with Crippen LogP contribution in [0.15, 0.2) is 12.4 Å². The van der Waals surface area contributed by atoms with Gasteiger partial charge < -0.3 is 15.2 Å². The lowest BCUT2D eigenvalue weighted by atomic mass is 10.1. The third-order valence-corrected chi connectivity index (χ3v) is 4.06. The lowest BCUT2D eigenvalue weighted by Gasteiger charge is -2.15. The summed E-state index contributed by atoms with van der Waals surface area (Å²) in [6.07, 6.45) is 4.65. The van der Waals surface area contributed by atoms with Gasteiger partial charge >= 0.3 is 0 Å². The molecule has 1 unspecified atom stereocenters. The van der Waals surface area contributed by atoms with Crippen molar-refractivity contribution in [3.05, 3.63) is 35.2 Å². The number of carbonyl (C=O) groups excluding carboxylic acids is 1. The van der Waals surface area contributed by atoms with Crippen LogP contribution in [0.25, 0.3) is 0 Å². The zero-order valence-corrected chi connectivity index (χ0v) is 13.0. The number of aryl methyl sites for hydroxylation is 1. The molecule has 0 bridgehead atoms. The highest BCUT2D eigenvalue weighted by Crippen LogP contribution is 2.15. The summed E-state index contributed by atoms with van der Waals surface area (Å²) < 4.78 is 2.09. The maximum atomic E-state index is 12.3. The largest absolute Gasteiger partial charge is 0.350 e. The minimum atomic E-state index is -0.101. The van der Waals surface area contributed by atoms with Crippen LogP contribution in [0.3, 0.4) is 0 Å². The van der Waals surface area contributed by atoms with Gasteiger partial charge in [0, 0.05) is 56.3 Å². The SMILES string of the molecule is Cc1nccn1CC(C)CNC(=O)c1n[nH]c2c1CNCC2. The molecular formula is C15H22N6O. The van der Waals surface area contributed by atoms with Gasteiger partial charge in [-0.05, 0) is 12.8 Å². The predicted octanol–water partition coefficient (Wildman–Crippen LogP) is 0.626. The van der Waals surface area contributed by atoms with Crippen LogP contribution in [0.5, 0.6) is 0 Å². The van der Waals surface area contributed by atoms with Crippen molar-refractivity contribution in [3.63, 3.8) is 0 Å². The zero-order chi connectivity index (χ0) is 15.5. The highest BCUT2D eigenvalue weighted by molar-refractivity contribution is 5.94. The molecule has 0 saturated heterocycles. The van der Waals surface area contributed by atoms with Crippen molar-refractivity contribution in [1.82, 2.24) is 30.4 Å². The third kappa shape index (κ3) is 3.04. The fourth-order valence-electron chi connectivity index (χ4n) is 2.76. The van der Waals surface area contributed by atoms with Crippen molar-refractivity contribution in [2.24, 2.45) is 5.92 Å². The summed E-state index contributed by atoms with van der Waals surface area (Å²) in [4.78, 5) is 16.5. The zero-order valence-electron chi connectivity index (χ0n) is 13.0. The Hall–Kier alpha value is -2.15. The Morgan fingerprint density at radius 2 is 2.41 bits per heavy atom. The second-order valence-corrected chi connectivity index (χ2v) is 5.90. The molecule has 1 atom stereocenters. The second kappa shape index (κ2) is 6.31. The fraction of sp³-hybridized carbons (Fsp3) is 0.533. The molecule has 22 heavy (non-hydrogen) atoms. The van der Waals surface area contributed by atoms with Gasteiger partial charge in [-0.3, -0.25) is 9.89 Å². The molecule has 3 heterocycles. The first-order valence-corrected chi connectivity index (χ1v) is 7.68. The molecular weight excluding hydrogens is 280 g/mol. The van der Waals surface area contributed by atoms with E-state index in [0.717, 1.165) is 36.6 Å². The smallest absolute Gasteiger partial charge is 0.272 e. The van der Waals surface area contributed by atoms with E-state index in [9.17, 15) is 4.79 Å². The van der Waals surface area contributed by atoms with E-state index < -0.39 is 0 Å². The van der Waals surface area contributed by atoms with Crippen LogP contribution < -0.4 is 10.6 Å². The van der Waals surface area contributed by atoms with Crippen molar-refractivity contribution in [1.29, 1.82) is 0 Å². The van der Waals surface area contributed by atoms with Crippen LogP contribution in [0, 0.1) is 12.8 Å². The van der Waals surface area contributed by atoms with E-state index in [0.29, 0.717) is 24.7 Å². The second-order valence-electron chi connectivity index (χ2n) is 5.90. The number of imidazole rings is 1. The van der Waals surface area contributed by atoms with Gasteiger partial charge in [0.15, 0.2) is 5.69 Å². The molecule has 3 rings (SSSR count). The summed E-state index contributed by atoms with van der Waals surface area (Å²) in [7, 11) is 0. The molecule has 0 radical (unpaired) electrons. The maximum absolute atomic E-state index is 12.3. The number of aromatic nitrogens is 4. The number of hydrogen-bond donors (Lipinski definition) is 3. The van der Waals surface area contributed by atoms with Crippen molar-refractivity contribution in [2.75, 3.05) is 13.1 Å². The molecule has 2 aromatic rings. The van der Waals surface area contributed by atoms with E-state index in [4.69, 9.17) is 0 Å². The Morgan fingerprint density at radius 3 is 3.18 bits per heavy atom. The number of hydrogen-bond acceptors (Lipinski definition) is 4. The van der Waals surface area contributed by atoms with Crippen LogP contribution in [-0.4, -0.2) is 38.7 Å². The molecule has 3 N–H and O–H groups in total. The van der Waals surface area contributed by atoms with Crippen LogP contribution in [0.1, 0.15) is 34.5 Å². The van der Waals surface area contributed by atoms with Crippen molar-refractivity contribution in [2.45, 2.75) is 33.4 Å². The Morgan fingerprint density at radius 1 is 1.55 bits per heavy atom. The van der Waals surface area contributed by atoms with E-state index in [1.807, 2.05) is 13.1 Å². The molecule has 7 nitrogen and oxygen atoms in total. The average molecular weight is 302 g/mol. The summed E-state index contributed by atoms with van der Waals surface area (Å²) >= 11 is 0. The number of aromatic amines is 1. The Balaban J connectivity index is 1.56. The standard InChI is InChI=1S/C15H22N6O/c1-10(9-21-6-5-17-11(21)2)7-18-15(22)14-12-8-16-4-3-13(12)19-20-14/h5-6,10,16H,3-4,7-9H2,1-2H3,(H,18,22)(H,19,20). The third-order valence-electron chi connectivity index (χ3n) is 4.06. The summed E-state index contributed by atoms with van der Waals surface area (Å²) in [6, 6.07) is 0. The summed E-state index contributed by atoms with van der Waals surface area (Å²) in [6.45, 7) is 7.18. The van der Waals surface area contributed by atoms with Gasteiger partial charge in [0.1, 0.15) is 5.82 Å². The van der Waals surface area contributed by atoms with Gasteiger partial charge in [0.25, 0.3) is 5.91 Å². The summed E-state index contributed by atoms with van der Waals surface area (Å²) in [5, 5.41) is 13.4. The predicted molar refractivity (Wildman–Crippen MR) is 82.5 cm³/mol. The highest BCUT2D eigenvalue weighted by atomic mass is 16.1. The van der Waals surface area contributed by atoms with E-state index in [-0.39, 0.29) is 5.91 Å². The monoisotopic (exact) mass is 302 g/mol. The van der Waals surface area contributed by atoms with E-state index in [1.165, 1.54) is 0 Å². The number of carbonyl (C=O) groups is 1. The van der Waals surface area contributed by atoms with Crippen LogP contribution in [-0.2, 0) is 19.5 Å². The van der Waals surface area contributed by atoms with Crippen molar-refractivity contribution < 1.29 is 4.79 Å². The van der Waals surface area contributed by atoms with E-state index in [2.05, 4.69) is 37.3 Å². The first-order chi connectivity index (χ1) is 10.6. The number of nitrogens with one attached hydrogen (secondary N) is 3. The lowest BCUT2D eigenvalue weighted by Crippen LogP contribution is -2.32. The molecule has 7 heteroatoms. The van der Waals surface area contributed by atoms with Crippen LogP contribution in [0.4, 0.5) is 0 Å². The number of amides is 1. The normalized spacial score (nSPS) is 15.4. The topological polar surface area (TPSA) is 87.6 Å². The van der Waals surface area contributed by atoms with Crippen LogP contribution in [0.2, 0.25) is 0 Å². The molecule has 0 saturated carbocycles. The molecule has 0 spiro atoms. The molecule has 0 aromatic carbocycles. The first kappa shape index (κ1) is 14.8. The van der Waals surface area contributed by atoms with Gasteiger partial charge in [0.05, 0.1) is 0 Å². The Kier molecular flexibility index (Phi) is 4.24. The fourth-order valence-corrected chi connectivity index (χ4v) is 2.76. The van der Waals surface area contributed by atoms with Crippen molar-refractivity contribution >= 4 is 5.91 Å². The molecule has 1 amide bonds. The van der Waals surface area contributed by atoms with Crippen molar-refractivity contribution in [3.8, 4) is 0 Å². The minimum absolute atomic E-state index is 0.101. The number of fused-ring (bicyclic) bond motifs is 1. The Bertz CT molecular complexity index is 659. The Labute approximate surface area is 129 Å². The van der Waals surface area contributed by atoms with E-state index >= 15 is 0 Å². The first-order valence-electron chi connectivity index (χ1n) is 7.68. The maximum Gasteiger partial charge on any atom is 0.272 e. The average Bonchev–Trinajstić information content (AvgIpc) is 3.12. The minimum Gasteiger partial charge on any atom is -0.350 e. The molecule has 2 aromatic heterocycles.